The highest BCUT2D eigenvalue weighted by atomic mass is 16.5. The summed E-state index contributed by atoms with van der Waals surface area (Å²) in [7, 11) is 0. The number of carbonyl (C=O) groups is 1. The van der Waals surface area contributed by atoms with E-state index < -0.39 is 5.78 Å². The molecule has 0 saturated carbocycles. The maximum Gasteiger partial charge on any atom is 0.205 e. The Kier molecular flexibility index (Phi) is 7.36. The number of hydrogen-bond acceptors (Lipinski definition) is 9. The molecule has 0 amide bonds. The van der Waals surface area contributed by atoms with Gasteiger partial charge in [0.15, 0.2) is 11.5 Å². The van der Waals surface area contributed by atoms with Crippen LogP contribution in [0, 0.1) is 0 Å². The number of phenols is 4. The molecular formula is C35H28N2O7. The standard InChI is InChI=1S/C35H28N2O7/c1-3-19-17-25(40)13-15-27(19)31-29(34(43-36-31)21-5-9-23(38)10-6-21)33(42)30-32(28-16-14-26(41)18-20(28)4-2)37-44-35(30)22-7-11-24(39)12-8-22/h5-18,38-41H,3-4H2,1-2H3. The third-order valence-corrected chi connectivity index (χ3v) is 7.55. The molecule has 6 aromatic rings. The van der Waals surface area contributed by atoms with Gasteiger partial charge in [-0.3, -0.25) is 4.79 Å². The topological polar surface area (TPSA) is 150 Å². The summed E-state index contributed by atoms with van der Waals surface area (Å²) in [6, 6.07) is 22.1. The van der Waals surface area contributed by atoms with E-state index in [9.17, 15) is 20.4 Å². The van der Waals surface area contributed by atoms with Gasteiger partial charge in [0.25, 0.3) is 0 Å². The van der Waals surface area contributed by atoms with Crippen LogP contribution in [0.5, 0.6) is 23.0 Å². The molecule has 220 valence electrons. The number of hydrogen-bond donors (Lipinski definition) is 4. The molecule has 4 aromatic carbocycles. The van der Waals surface area contributed by atoms with Crippen LogP contribution in [0.25, 0.3) is 45.2 Å². The van der Waals surface area contributed by atoms with Crippen molar-refractivity contribution in [3.05, 3.63) is 107 Å². The van der Waals surface area contributed by atoms with Gasteiger partial charge in [0.05, 0.1) is 11.1 Å². The molecule has 0 radical (unpaired) electrons. The Morgan fingerprint density at radius 2 is 0.932 bits per heavy atom. The molecule has 6 rings (SSSR count). The average Bonchev–Trinajstić information content (AvgIpc) is 3.67. The lowest BCUT2D eigenvalue weighted by molar-refractivity contribution is 0.104. The molecule has 0 saturated heterocycles. The van der Waals surface area contributed by atoms with Gasteiger partial charge in [-0.15, -0.1) is 0 Å². The fourth-order valence-corrected chi connectivity index (χ4v) is 5.32. The summed E-state index contributed by atoms with van der Waals surface area (Å²) >= 11 is 0. The molecule has 0 aliphatic rings. The molecule has 2 aromatic heterocycles. The molecule has 0 fully saturated rings. The first-order valence-corrected chi connectivity index (χ1v) is 14.1. The number of rotatable bonds is 8. The monoisotopic (exact) mass is 588 g/mol. The van der Waals surface area contributed by atoms with Crippen molar-refractivity contribution in [3.8, 4) is 68.2 Å². The van der Waals surface area contributed by atoms with Crippen molar-refractivity contribution in [2.24, 2.45) is 0 Å². The van der Waals surface area contributed by atoms with E-state index in [0.29, 0.717) is 35.1 Å². The van der Waals surface area contributed by atoms with Gasteiger partial charge in [-0.25, -0.2) is 0 Å². The molecule has 4 N–H and O–H groups in total. The van der Waals surface area contributed by atoms with E-state index in [1.165, 1.54) is 36.4 Å². The Balaban J connectivity index is 1.66. The molecule has 0 spiro atoms. The molecule has 0 atom stereocenters. The molecule has 0 aliphatic heterocycles. The lowest BCUT2D eigenvalue weighted by atomic mass is 9.89. The van der Waals surface area contributed by atoms with Crippen LogP contribution in [0.2, 0.25) is 0 Å². The smallest absolute Gasteiger partial charge is 0.205 e. The minimum absolute atomic E-state index is 0.0449. The average molecular weight is 589 g/mol. The predicted octanol–water partition coefficient (Wildman–Crippen LogP) is 7.51. The Hall–Kier alpha value is -5.83. The number of aryl methyl sites for hydroxylation is 2. The summed E-state index contributed by atoms with van der Waals surface area (Å²) in [6.07, 6.45) is 1.09. The summed E-state index contributed by atoms with van der Waals surface area (Å²) in [5.74, 6) is 0.101. The van der Waals surface area contributed by atoms with Gasteiger partial charge in [-0.05, 0) is 109 Å². The highest BCUT2D eigenvalue weighted by Gasteiger charge is 2.34. The first-order valence-electron chi connectivity index (χ1n) is 14.1. The van der Waals surface area contributed by atoms with E-state index in [1.54, 1.807) is 48.5 Å². The van der Waals surface area contributed by atoms with E-state index in [1.807, 2.05) is 13.8 Å². The van der Waals surface area contributed by atoms with Gasteiger partial charge in [0.1, 0.15) is 34.4 Å². The largest absolute Gasteiger partial charge is 0.508 e. The van der Waals surface area contributed by atoms with Gasteiger partial charge in [-0.1, -0.05) is 24.2 Å². The highest BCUT2D eigenvalue weighted by molar-refractivity contribution is 6.20. The lowest BCUT2D eigenvalue weighted by Crippen LogP contribution is -2.07. The van der Waals surface area contributed by atoms with E-state index in [0.717, 1.165) is 11.1 Å². The second-order valence-electron chi connectivity index (χ2n) is 10.3. The number of phenolic OH excluding ortho intramolecular Hbond substituents is 4. The highest BCUT2D eigenvalue weighted by Crippen LogP contribution is 2.42. The maximum absolute atomic E-state index is 15.0. The fourth-order valence-electron chi connectivity index (χ4n) is 5.32. The van der Waals surface area contributed by atoms with Crippen molar-refractivity contribution in [2.45, 2.75) is 26.7 Å². The van der Waals surface area contributed by atoms with Crippen LogP contribution in [-0.2, 0) is 12.8 Å². The van der Waals surface area contributed by atoms with Crippen LogP contribution in [0.1, 0.15) is 40.9 Å². The van der Waals surface area contributed by atoms with Crippen LogP contribution in [0.3, 0.4) is 0 Å². The Bertz CT molecular complexity index is 1840. The van der Waals surface area contributed by atoms with E-state index in [2.05, 4.69) is 10.3 Å². The molecule has 9 nitrogen and oxygen atoms in total. The van der Waals surface area contributed by atoms with Gasteiger partial charge < -0.3 is 29.5 Å². The van der Waals surface area contributed by atoms with Gasteiger partial charge in [0.2, 0.25) is 5.78 Å². The minimum atomic E-state index is -0.492. The Morgan fingerprint density at radius 1 is 0.568 bits per heavy atom. The van der Waals surface area contributed by atoms with E-state index >= 15 is 4.79 Å². The van der Waals surface area contributed by atoms with Crippen LogP contribution >= 0.6 is 0 Å². The maximum atomic E-state index is 15.0. The van der Waals surface area contributed by atoms with Crippen LogP contribution in [-0.4, -0.2) is 36.5 Å². The molecule has 44 heavy (non-hydrogen) atoms. The van der Waals surface area contributed by atoms with Gasteiger partial charge in [-0.2, -0.15) is 0 Å². The van der Waals surface area contributed by atoms with Crippen molar-refractivity contribution < 1.29 is 34.3 Å². The summed E-state index contributed by atoms with van der Waals surface area (Å²) in [4.78, 5) is 15.0. The SMILES string of the molecule is CCc1cc(O)ccc1-c1noc(-c2ccc(O)cc2)c1C(=O)c1c(-c2ccc(O)cc2CC)noc1-c1ccc(O)cc1. The van der Waals surface area contributed by atoms with E-state index in [4.69, 9.17) is 9.05 Å². The zero-order valence-corrected chi connectivity index (χ0v) is 23.9. The number of benzene rings is 4. The predicted molar refractivity (Wildman–Crippen MR) is 164 cm³/mol. The third-order valence-electron chi connectivity index (χ3n) is 7.55. The number of nitrogens with zero attached hydrogens (tertiary/aromatic N) is 2. The van der Waals surface area contributed by atoms with Crippen molar-refractivity contribution in [1.29, 1.82) is 0 Å². The van der Waals surface area contributed by atoms with Crippen LogP contribution < -0.4 is 0 Å². The first kappa shape index (κ1) is 28.3. The number of aromatic nitrogens is 2. The quantitative estimate of drug-likeness (QED) is 0.132. The summed E-state index contributed by atoms with van der Waals surface area (Å²) in [6.45, 7) is 3.86. The first-order chi connectivity index (χ1) is 21.3. The molecule has 0 bridgehead atoms. The lowest BCUT2D eigenvalue weighted by Gasteiger charge is -2.11. The normalized spacial score (nSPS) is 11.1. The van der Waals surface area contributed by atoms with Crippen molar-refractivity contribution in [1.82, 2.24) is 10.3 Å². The molecule has 0 unspecified atom stereocenters. The summed E-state index contributed by atoms with van der Waals surface area (Å²) < 4.78 is 11.7. The van der Waals surface area contributed by atoms with Crippen molar-refractivity contribution in [3.63, 3.8) is 0 Å². The molecule has 9 heteroatoms. The van der Waals surface area contributed by atoms with Crippen LogP contribution in [0.15, 0.2) is 94.0 Å². The van der Waals surface area contributed by atoms with Crippen molar-refractivity contribution >= 4 is 5.78 Å². The molecule has 2 heterocycles. The number of ketones is 1. The van der Waals surface area contributed by atoms with E-state index in [-0.39, 0.29) is 57.0 Å². The summed E-state index contributed by atoms with van der Waals surface area (Å²) in [5.41, 5.74) is 4.52. The van der Waals surface area contributed by atoms with Gasteiger partial charge in [0, 0.05) is 22.3 Å². The minimum Gasteiger partial charge on any atom is -0.508 e. The second kappa shape index (κ2) is 11.4. The fraction of sp³-hybridized carbons (Fsp3) is 0.114. The third kappa shape index (κ3) is 5.05. The zero-order valence-electron chi connectivity index (χ0n) is 23.9. The summed E-state index contributed by atoms with van der Waals surface area (Å²) in [5, 5.41) is 48.9. The molecule has 0 aliphatic carbocycles. The van der Waals surface area contributed by atoms with Crippen molar-refractivity contribution in [2.75, 3.05) is 0 Å². The number of carbonyl (C=O) groups excluding carboxylic acids is 1. The Labute approximate surface area is 252 Å². The molecular weight excluding hydrogens is 560 g/mol. The van der Waals surface area contributed by atoms with Crippen LogP contribution in [0.4, 0.5) is 0 Å². The second-order valence-corrected chi connectivity index (χ2v) is 10.3. The Morgan fingerprint density at radius 3 is 1.30 bits per heavy atom. The van der Waals surface area contributed by atoms with Gasteiger partial charge >= 0.3 is 0 Å². The number of aromatic hydroxyl groups is 4. The zero-order chi connectivity index (χ0) is 31.0.